The average molecular weight is 526 g/mol. The predicted molar refractivity (Wildman–Crippen MR) is 135 cm³/mol. The molecule has 1 unspecified atom stereocenters. The quantitative estimate of drug-likeness (QED) is 0.398. The largest absolute Gasteiger partial charge is 0.486 e. The van der Waals surface area contributed by atoms with Crippen LogP contribution in [-0.4, -0.2) is 33.1 Å². The van der Waals surface area contributed by atoms with Crippen LogP contribution >= 0.6 is 11.6 Å². The van der Waals surface area contributed by atoms with E-state index in [1.165, 1.54) is 0 Å². The second-order valence-corrected chi connectivity index (χ2v) is 9.44. The van der Waals surface area contributed by atoms with Gasteiger partial charge in [-0.05, 0) is 44.4 Å². The Morgan fingerprint density at radius 2 is 1.92 bits per heavy atom. The molecule has 5 rings (SSSR count). The third-order valence-corrected chi connectivity index (χ3v) is 6.91. The molecule has 0 bridgehead atoms. The van der Waals surface area contributed by atoms with Gasteiger partial charge in [0.05, 0.1) is 16.9 Å². The van der Waals surface area contributed by atoms with Crippen molar-refractivity contribution in [2.24, 2.45) is 0 Å². The van der Waals surface area contributed by atoms with Crippen molar-refractivity contribution in [3.8, 4) is 0 Å². The van der Waals surface area contributed by atoms with Crippen molar-refractivity contribution < 1.29 is 18.3 Å². The molecule has 3 aromatic heterocycles. The summed E-state index contributed by atoms with van der Waals surface area (Å²) in [6, 6.07) is 4.03. The molecular weight excluding hydrogens is 500 g/mol. The maximum Gasteiger partial charge on any atom is 0.151 e. The number of nitrogens with zero attached hydrogens (tertiary/aromatic N) is 5. The van der Waals surface area contributed by atoms with Crippen LogP contribution in [0.3, 0.4) is 0 Å². The van der Waals surface area contributed by atoms with Crippen LogP contribution in [0.2, 0.25) is 0 Å². The summed E-state index contributed by atoms with van der Waals surface area (Å²) in [5.74, 6) is -0.209. The second-order valence-electron chi connectivity index (χ2n) is 9.03. The first-order chi connectivity index (χ1) is 17.9. The lowest BCUT2D eigenvalue weighted by Gasteiger charge is -2.38. The number of halogens is 3. The summed E-state index contributed by atoms with van der Waals surface area (Å²) in [6.07, 6.45) is 9.73. The van der Waals surface area contributed by atoms with Crippen molar-refractivity contribution in [2.45, 2.75) is 45.3 Å². The number of anilines is 1. The van der Waals surface area contributed by atoms with Crippen LogP contribution in [0.4, 0.5) is 14.5 Å². The Hall–Kier alpha value is -3.43. The fraction of sp³-hybridized carbons (Fsp3) is 0.333. The van der Waals surface area contributed by atoms with Gasteiger partial charge in [0.1, 0.15) is 35.7 Å². The summed E-state index contributed by atoms with van der Waals surface area (Å²) >= 11 is 7.01. The summed E-state index contributed by atoms with van der Waals surface area (Å²) in [5, 5.41) is 0.376. The molecule has 0 saturated carbocycles. The molecule has 2 aliphatic heterocycles. The number of rotatable bonds is 6. The molecule has 7 nitrogen and oxygen atoms in total. The van der Waals surface area contributed by atoms with Crippen molar-refractivity contribution >= 4 is 17.3 Å². The van der Waals surface area contributed by atoms with Crippen LogP contribution < -0.4 is 4.90 Å². The minimum absolute atomic E-state index is 0.0165. The zero-order chi connectivity index (χ0) is 25.9. The number of pyridine rings is 2. The number of hydrogen-bond acceptors (Lipinski definition) is 7. The van der Waals surface area contributed by atoms with E-state index in [2.05, 4.69) is 19.9 Å². The molecule has 0 spiro atoms. The summed E-state index contributed by atoms with van der Waals surface area (Å²) in [6.45, 7) is 5.07. The lowest BCUT2D eigenvalue weighted by molar-refractivity contribution is 0.0835. The van der Waals surface area contributed by atoms with Gasteiger partial charge in [-0.3, -0.25) is 9.97 Å². The summed E-state index contributed by atoms with van der Waals surface area (Å²) in [7, 11) is 0. The van der Waals surface area contributed by atoms with E-state index in [0.717, 1.165) is 47.9 Å². The van der Waals surface area contributed by atoms with Gasteiger partial charge in [0.25, 0.3) is 0 Å². The van der Waals surface area contributed by atoms with E-state index >= 15 is 0 Å². The predicted octanol–water partition coefficient (Wildman–Crippen LogP) is 5.88. The molecule has 10 heteroatoms. The Bertz CT molecular complexity index is 1360. The fourth-order valence-corrected chi connectivity index (χ4v) is 4.92. The smallest absolute Gasteiger partial charge is 0.151 e. The molecular formula is C27H26ClF2N5O2. The summed E-state index contributed by atoms with van der Waals surface area (Å²) in [4.78, 5) is 19.6. The van der Waals surface area contributed by atoms with E-state index < -0.39 is 17.7 Å². The summed E-state index contributed by atoms with van der Waals surface area (Å²) < 4.78 is 38.9. The summed E-state index contributed by atoms with van der Waals surface area (Å²) in [5.41, 5.74) is 3.42. The van der Waals surface area contributed by atoms with Crippen LogP contribution in [-0.2, 0) is 16.1 Å². The number of allylic oxidation sites excluding steroid dienone is 2. The van der Waals surface area contributed by atoms with Gasteiger partial charge < -0.3 is 14.4 Å². The van der Waals surface area contributed by atoms with E-state index in [4.69, 9.17) is 26.1 Å². The van der Waals surface area contributed by atoms with Crippen LogP contribution in [0.1, 0.15) is 54.5 Å². The zero-order valence-electron chi connectivity index (χ0n) is 20.5. The molecule has 37 heavy (non-hydrogen) atoms. The maximum absolute atomic E-state index is 14.2. The highest BCUT2D eigenvalue weighted by atomic mass is 35.5. The van der Waals surface area contributed by atoms with Crippen LogP contribution in [0.25, 0.3) is 0 Å². The highest BCUT2D eigenvalue weighted by Gasteiger charge is 2.34. The lowest BCUT2D eigenvalue weighted by Crippen LogP contribution is -2.32. The SMILES string of the molecule is CC1=CC(OCc2ncc(F)cc2F)=C(Cl)C(c2ccnc(C3CCOCC3)n2)N1c1ccncc1C. The minimum atomic E-state index is -0.782. The second kappa shape index (κ2) is 10.9. The molecule has 0 N–H and O–H groups in total. The molecule has 3 aromatic rings. The van der Waals surface area contributed by atoms with Crippen LogP contribution in [0.15, 0.2) is 65.6 Å². The van der Waals surface area contributed by atoms with Crippen molar-refractivity contribution in [1.29, 1.82) is 0 Å². The molecule has 1 atom stereocenters. The number of hydrogen-bond donors (Lipinski definition) is 0. The zero-order valence-corrected chi connectivity index (χ0v) is 21.3. The fourth-order valence-electron chi connectivity index (χ4n) is 4.61. The van der Waals surface area contributed by atoms with Crippen molar-refractivity contribution in [2.75, 3.05) is 18.1 Å². The molecule has 1 fully saturated rings. The topological polar surface area (TPSA) is 73.3 Å². The van der Waals surface area contributed by atoms with Gasteiger partial charge in [0.15, 0.2) is 5.82 Å². The molecule has 0 radical (unpaired) electrons. The highest BCUT2D eigenvalue weighted by Crippen LogP contribution is 2.43. The van der Waals surface area contributed by atoms with Gasteiger partial charge in [-0.15, -0.1) is 0 Å². The van der Waals surface area contributed by atoms with Crippen molar-refractivity contribution in [3.05, 3.63) is 100.0 Å². The Kier molecular flexibility index (Phi) is 7.43. The molecule has 0 aliphatic carbocycles. The van der Waals surface area contributed by atoms with Crippen molar-refractivity contribution in [1.82, 2.24) is 19.9 Å². The van der Waals surface area contributed by atoms with Gasteiger partial charge in [0.2, 0.25) is 0 Å². The third-order valence-electron chi connectivity index (χ3n) is 6.51. The number of aromatic nitrogens is 4. The molecule has 0 aromatic carbocycles. The van der Waals surface area contributed by atoms with Gasteiger partial charge in [-0.25, -0.2) is 18.7 Å². The molecule has 2 aliphatic rings. The van der Waals surface area contributed by atoms with Gasteiger partial charge in [0, 0.05) is 61.2 Å². The van der Waals surface area contributed by atoms with Gasteiger partial charge in [-0.1, -0.05) is 11.6 Å². The Labute approximate surface area is 218 Å². The Morgan fingerprint density at radius 3 is 2.68 bits per heavy atom. The van der Waals surface area contributed by atoms with Crippen molar-refractivity contribution in [3.63, 3.8) is 0 Å². The Morgan fingerprint density at radius 1 is 1.11 bits per heavy atom. The van der Waals surface area contributed by atoms with Crippen LogP contribution in [0, 0.1) is 18.6 Å². The van der Waals surface area contributed by atoms with Gasteiger partial charge in [-0.2, -0.15) is 0 Å². The first-order valence-corrected chi connectivity index (χ1v) is 12.4. The molecule has 192 valence electrons. The first-order valence-electron chi connectivity index (χ1n) is 12.0. The number of ether oxygens (including phenoxy) is 2. The van der Waals surface area contributed by atoms with E-state index in [9.17, 15) is 8.78 Å². The lowest BCUT2D eigenvalue weighted by atomic mass is 9.98. The van der Waals surface area contributed by atoms with E-state index in [-0.39, 0.29) is 18.2 Å². The molecule has 5 heterocycles. The molecule has 0 amide bonds. The van der Waals surface area contributed by atoms with Gasteiger partial charge >= 0.3 is 0 Å². The Balaban J connectivity index is 1.54. The number of aryl methyl sites for hydroxylation is 1. The van der Waals surface area contributed by atoms with E-state index in [0.29, 0.717) is 29.7 Å². The monoisotopic (exact) mass is 525 g/mol. The van der Waals surface area contributed by atoms with Crippen LogP contribution in [0.5, 0.6) is 0 Å². The maximum atomic E-state index is 14.2. The highest BCUT2D eigenvalue weighted by molar-refractivity contribution is 6.31. The van der Waals surface area contributed by atoms with E-state index in [1.807, 2.05) is 26.0 Å². The first kappa shape index (κ1) is 25.2. The average Bonchev–Trinajstić information content (AvgIpc) is 2.90. The standard InChI is InChI=1S/C27H26ClF2N5O2/c1-16-13-31-7-4-23(16)35-17(2)11-24(37-15-22-20(30)12-19(29)14-33-22)25(28)26(35)21-3-8-32-27(34-21)18-5-9-36-10-6-18/h3-4,7-8,11-14,18,26H,5-6,9-10,15H2,1-2H3. The third kappa shape index (κ3) is 5.33. The minimum Gasteiger partial charge on any atom is -0.486 e. The van der Waals surface area contributed by atoms with E-state index in [1.54, 1.807) is 24.7 Å². The normalized spacial score (nSPS) is 18.7. The molecule has 1 saturated heterocycles.